The molecule has 0 aliphatic heterocycles. The first-order valence-corrected chi connectivity index (χ1v) is 5.34. The van der Waals surface area contributed by atoms with E-state index in [2.05, 4.69) is 33.0 Å². The second kappa shape index (κ2) is 4.61. The standard InChI is InChI=1S/C10H14BrN/c1-8-6-10(4-3-5-11)7-9(2)12-8/h6-7H,3-5H2,1-2H3. The monoisotopic (exact) mass is 227 g/mol. The van der Waals surface area contributed by atoms with Crippen LogP contribution >= 0.6 is 15.9 Å². The zero-order valence-electron chi connectivity index (χ0n) is 7.60. The van der Waals surface area contributed by atoms with Crippen LogP contribution in [0, 0.1) is 13.8 Å². The smallest absolute Gasteiger partial charge is 0.0378 e. The molecule has 12 heavy (non-hydrogen) atoms. The molecule has 0 N–H and O–H groups in total. The van der Waals surface area contributed by atoms with E-state index in [1.54, 1.807) is 0 Å². The Labute approximate surface area is 82.3 Å². The van der Waals surface area contributed by atoms with Gasteiger partial charge in [0.15, 0.2) is 0 Å². The van der Waals surface area contributed by atoms with Crippen molar-refractivity contribution in [3.8, 4) is 0 Å². The van der Waals surface area contributed by atoms with Crippen molar-refractivity contribution in [2.75, 3.05) is 5.33 Å². The molecule has 0 radical (unpaired) electrons. The number of hydrogen-bond acceptors (Lipinski definition) is 1. The lowest BCUT2D eigenvalue weighted by molar-refractivity contribution is 0.924. The van der Waals surface area contributed by atoms with Crippen molar-refractivity contribution < 1.29 is 0 Å². The van der Waals surface area contributed by atoms with Gasteiger partial charge in [0.1, 0.15) is 0 Å². The zero-order chi connectivity index (χ0) is 8.97. The molecule has 2 heteroatoms. The van der Waals surface area contributed by atoms with Crippen LogP contribution in [0.3, 0.4) is 0 Å². The highest BCUT2D eigenvalue weighted by Gasteiger charge is 1.95. The van der Waals surface area contributed by atoms with E-state index in [-0.39, 0.29) is 0 Å². The van der Waals surface area contributed by atoms with Gasteiger partial charge in [-0.2, -0.15) is 0 Å². The van der Waals surface area contributed by atoms with Gasteiger partial charge < -0.3 is 0 Å². The molecule has 0 amide bonds. The molecule has 0 aromatic carbocycles. The molecule has 0 aliphatic carbocycles. The summed E-state index contributed by atoms with van der Waals surface area (Å²) in [5, 5.41) is 1.08. The van der Waals surface area contributed by atoms with Gasteiger partial charge in [0.05, 0.1) is 0 Å². The van der Waals surface area contributed by atoms with Crippen molar-refractivity contribution in [3.63, 3.8) is 0 Å². The van der Waals surface area contributed by atoms with Gasteiger partial charge in [-0.3, -0.25) is 4.98 Å². The lowest BCUT2D eigenvalue weighted by Gasteiger charge is -2.02. The summed E-state index contributed by atoms with van der Waals surface area (Å²) in [6.45, 7) is 4.09. The van der Waals surface area contributed by atoms with Crippen LogP contribution in [-0.4, -0.2) is 10.3 Å². The number of aromatic nitrogens is 1. The molecule has 0 unspecified atom stereocenters. The second-order valence-electron chi connectivity index (χ2n) is 3.05. The van der Waals surface area contributed by atoms with E-state index >= 15 is 0 Å². The highest BCUT2D eigenvalue weighted by atomic mass is 79.9. The summed E-state index contributed by atoms with van der Waals surface area (Å²) in [7, 11) is 0. The van der Waals surface area contributed by atoms with Gasteiger partial charge in [0, 0.05) is 16.7 Å². The summed E-state index contributed by atoms with van der Waals surface area (Å²) in [4.78, 5) is 4.33. The van der Waals surface area contributed by atoms with Crippen molar-refractivity contribution in [1.29, 1.82) is 0 Å². The third-order valence-electron chi connectivity index (χ3n) is 1.74. The van der Waals surface area contributed by atoms with E-state index in [4.69, 9.17) is 0 Å². The summed E-state index contributed by atoms with van der Waals surface area (Å²) in [5.41, 5.74) is 3.65. The van der Waals surface area contributed by atoms with Gasteiger partial charge in [-0.1, -0.05) is 15.9 Å². The fraction of sp³-hybridized carbons (Fsp3) is 0.500. The number of alkyl halides is 1. The van der Waals surface area contributed by atoms with Gasteiger partial charge in [0.25, 0.3) is 0 Å². The van der Waals surface area contributed by atoms with Gasteiger partial charge in [-0.05, 0) is 44.4 Å². The number of hydrogen-bond donors (Lipinski definition) is 0. The Balaban J connectivity index is 2.72. The van der Waals surface area contributed by atoms with Crippen molar-refractivity contribution in [2.45, 2.75) is 26.7 Å². The summed E-state index contributed by atoms with van der Waals surface area (Å²) in [6, 6.07) is 4.32. The average Bonchev–Trinajstić information content (AvgIpc) is 1.99. The van der Waals surface area contributed by atoms with Crippen molar-refractivity contribution in [2.24, 2.45) is 0 Å². The fourth-order valence-corrected chi connectivity index (χ4v) is 1.62. The first-order chi connectivity index (χ1) is 5.72. The highest BCUT2D eigenvalue weighted by Crippen LogP contribution is 2.07. The minimum absolute atomic E-state index is 1.08. The van der Waals surface area contributed by atoms with E-state index in [9.17, 15) is 0 Å². The van der Waals surface area contributed by atoms with E-state index in [0.29, 0.717) is 0 Å². The number of nitrogens with zero attached hydrogens (tertiary/aromatic N) is 1. The van der Waals surface area contributed by atoms with Gasteiger partial charge in [-0.15, -0.1) is 0 Å². The molecule has 1 aromatic rings. The van der Waals surface area contributed by atoms with E-state index in [1.165, 1.54) is 12.0 Å². The summed E-state index contributed by atoms with van der Waals surface area (Å²) >= 11 is 3.43. The average molecular weight is 228 g/mol. The molecule has 66 valence electrons. The fourth-order valence-electron chi connectivity index (χ4n) is 1.34. The lowest BCUT2D eigenvalue weighted by atomic mass is 10.1. The van der Waals surface area contributed by atoms with Gasteiger partial charge >= 0.3 is 0 Å². The van der Waals surface area contributed by atoms with E-state index in [0.717, 1.165) is 23.1 Å². The maximum Gasteiger partial charge on any atom is 0.0378 e. The molecule has 0 saturated heterocycles. The maximum absolute atomic E-state index is 4.33. The van der Waals surface area contributed by atoms with Crippen LogP contribution in [0.1, 0.15) is 23.4 Å². The van der Waals surface area contributed by atoms with Crippen LogP contribution in [0.4, 0.5) is 0 Å². The van der Waals surface area contributed by atoms with Crippen molar-refractivity contribution in [1.82, 2.24) is 4.98 Å². The molecule has 0 spiro atoms. The molecule has 0 fully saturated rings. The molecule has 0 atom stereocenters. The number of aryl methyl sites for hydroxylation is 3. The first kappa shape index (κ1) is 9.72. The minimum atomic E-state index is 1.08. The topological polar surface area (TPSA) is 12.9 Å². The Bertz CT molecular complexity index is 238. The quantitative estimate of drug-likeness (QED) is 0.724. The third kappa shape index (κ3) is 2.94. The predicted octanol–water partition coefficient (Wildman–Crippen LogP) is 3.03. The Morgan fingerprint density at radius 1 is 1.25 bits per heavy atom. The molecular formula is C10H14BrN. The van der Waals surface area contributed by atoms with E-state index < -0.39 is 0 Å². The molecule has 1 heterocycles. The normalized spacial score (nSPS) is 10.2. The molecule has 1 rings (SSSR count). The summed E-state index contributed by atoms with van der Waals surface area (Å²) in [6.07, 6.45) is 2.35. The summed E-state index contributed by atoms with van der Waals surface area (Å²) in [5.74, 6) is 0. The molecule has 0 saturated carbocycles. The van der Waals surface area contributed by atoms with Crippen molar-refractivity contribution >= 4 is 15.9 Å². The van der Waals surface area contributed by atoms with Gasteiger partial charge in [0.2, 0.25) is 0 Å². The first-order valence-electron chi connectivity index (χ1n) is 4.22. The Morgan fingerprint density at radius 3 is 2.33 bits per heavy atom. The maximum atomic E-state index is 4.33. The Morgan fingerprint density at radius 2 is 1.83 bits per heavy atom. The highest BCUT2D eigenvalue weighted by molar-refractivity contribution is 9.09. The van der Waals surface area contributed by atoms with Crippen LogP contribution in [-0.2, 0) is 6.42 Å². The number of halogens is 1. The zero-order valence-corrected chi connectivity index (χ0v) is 9.19. The van der Waals surface area contributed by atoms with Gasteiger partial charge in [-0.25, -0.2) is 0 Å². The summed E-state index contributed by atoms with van der Waals surface area (Å²) < 4.78 is 0. The van der Waals surface area contributed by atoms with Crippen molar-refractivity contribution in [3.05, 3.63) is 29.1 Å². The van der Waals surface area contributed by atoms with Crippen LogP contribution in [0.5, 0.6) is 0 Å². The molecule has 0 aliphatic rings. The second-order valence-corrected chi connectivity index (χ2v) is 3.84. The largest absolute Gasteiger partial charge is 0.258 e. The predicted molar refractivity (Wildman–Crippen MR) is 55.8 cm³/mol. The number of pyridine rings is 1. The molecule has 0 bridgehead atoms. The van der Waals surface area contributed by atoms with Crippen LogP contribution in [0.2, 0.25) is 0 Å². The Hall–Kier alpha value is -0.370. The minimum Gasteiger partial charge on any atom is -0.258 e. The molecular weight excluding hydrogens is 214 g/mol. The van der Waals surface area contributed by atoms with Crippen LogP contribution in [0.25, 0.3) is 0 Å². The van der Waals surface area contributed by atoms with E-state index in [1.807, 2.05) is 13.8 Å². The number of rotatable bonds is 3. The SMILES string of the molecule is Cc1cc(CCCBr)cc(C)n1. The molecule has 1 aromatic heterocycles. The van der Waals surface area contributed by atoms with Crippen LogP contribution < -0.4 is 0 Å². The Kier molecular flexibility index (Phi) is 3.73. The van der Waals surface area contributed by atoms with Crippen LogP contribution in [0.15, 0.2) is 12.1 Å². The lowest BCUT2D eigenvalue weighted by Crippen LogP contribution is -1.92. The third-order valence-corrected chi connectivity index (χ3v) is 2.30. The molecule has 1 nitrogen and oxygen atoms in total.